The molecule has 0 bridgehead atoms. The highest BCUT2D eigenvalue weighted by Crippen LogP contribution is 2.20. The maximum Gasteiger partial charge on any atom is 0.0971 e. The van der Waals surface area contributed by atoms with Crippen LogP contribution >= 0.6 is 0 Å². The lowest BCUT2D eigenvalue weighted by Gasteiger charge is -2.25. The standard InChI is InChI=1S/C13H26N2O2/c1-16-12-9-15(10-13(12)17-2)8-5-11-3-6-14-7-4-11/h11-14H,3-10H2,1-2H3. The van der Waals surface area contributed by atoms with Gasteiger partial charge in [-0.25, -0.2) is 0 Å². The van der Waals surface area contributed by atoms with Gasteiger partial charge in [0.2, 0.25) is 0 Å². The molecule has 0 aromatic heterocycles. The van der Waals surface area contributed by atoms with Gasteiger partial charge in [0.15, 0.2) is 0 Å². The largest absolute Gasteiger partial charge is 0.377 e. The van der Waals surface area contributed by atoms with E-state index in [9.17, 15) is 0 Å². The smallest absolute Gasteiger partial charge is 0.0971 e. The lowest BCUT2D eigenvalue weighted by Crippen LogP contribution is -2.31. The van der Waals surface area contributed by atoms with Crippen molar-refractivity contribution < 1.29 is 9.47 Å². The minimum atomic E-state index is 0.257. The van der Waals surface area contributed by atoms with E-state index in [4.69, 9.17) is 9.47 Å². The summed E-state index contributed by atoms with van der Waals surface area (Å²) in [5, 5.41) is 3.42. The van der Waals surface area contributed by atoms with Crippen molar-refractivity contribution in [3.8, 4) is 0 Å². The molecule has 0 aromatic carbocycles. The van der Waals surface area contributed by atoms with Crippen molar-refractivity contribution in [3.63, 3.8) is 0 Å². The molecule has 0 aliphatic carbocycles. The molecule has 2 unspecified atom stereocenters. The summed E-state index contributed by atoms with van der Waals surface area (Å²) < 4.78 is 10.9. The first kappa shape index (κ1) is 13.3. The highest BCUT2D eigenvalue weighted by molar-refractivity contribution is 4.86. The molecule has 2 aliphatic heterocycles. The van der Waals surface area contributed by atoms with Crippen LogP contribution in [-0.4, -0.2) is 64.1 Å². The van der Waals surface area contributed by atoms with Crippen molar-refractivity contribution >= 4 is 0 Å². The third-order valence-electron chi connectivity index (χ3n) is 4.21. The average molecular weight is 242 g/mol. The first-order valence-corrected chi connectivity index (χ1v) is 6.82. The second kappa shape index (κ2) is 6.69. The summed E-state index contributed by atoms with van der Waals surface area (Å²) in [4.78, 5) is 2.49. The second-order valence-corrected chi connectivity index (χ2v) is 5.29. The van der Waals surface area contributed by atoms with Crippen molar-refractivity contribution in [3.05, 3.63) is 0 Å². The zero-order valence-corrected chi connectivity index (χ0v) is 11.2. The van der Waals surface area contributed by atoms with Gasteiger partial charge in [-0.05, 0) is 44.8 Å². The molecule has 2 heterocycles. The molecule has 2 atom stereocenters. The summed E-state index contributed by atoms with van der Waals surface area (Å²) in [6.07, 6.45) is 4.53. The molecule has 0 saturated carbocycles. The normalized spacial score (nSPS) is 32.1. The first-order chi connectivity index (χ1) is 8.33. The number of nitrogens with one attached hydrogen (secondary N) is 1. The Labute approximate surface area is 105 Å². The average Bonchev–Trinajstić information content (AvgIpc) is 2.80. The van der Waals surface area contributed by atoms with Gasteiger partial charge in [0, 0.05) is 27.3 Å². The Kier molecular flexibility index (Phi) is 5.22. The zero-order valence-electron chi connectivity index (χ0n) is 11.2. The predicted molar refractivity (Wildman–Crippen MR) is 68.2 cm³/mol. The summed E-state index contributed by atoms with van der Waals surface area (Å²) in [6, 6.07) is 0. The number of rotatable bonds is 5. The second-order valence-electron chi connectivity index (χ2n) is 5.29. The molecule has 4 nitrogen and oxygen atoms in total. The molecule has 0 amide bonds. The Bertz CT molecular complexity index is 207. The van der Waals surface area contributed by atoms with Crippen molar-refractivity contribution in [2.75, 3.05) is 46.9 Å². The van der Waals surface area contributed by atoms with Gasteiger partial charge < -0.3 is 14.8 Å². The summed E-state index contributed by atoms with van der Waals surface area (Å²) in [7, 11) is 3.57. The molecule has 17 heavy (non-hydrogen) atoms. The third kappa shape index (κ3) is 3.65. The van der Waals surface area contributed by atoms with Gasteiger partial charge in [-0.3, -0.25) is 4.90 Å². The minimum absolute atomic E-state index is 0.257. The van der Waals surface area contributed by atoms with Gasteiger partial charge in [-0.2, -0.15) is 0 Å². The minimum Gasteiger partial charge on any atom is -0.377 e. The molecule has 2 aliphatic rings. The summed E-state index contributed by atoms with van der Waals surface area (Å²) >= 11 is 0. The monoisotopic (exact) mass is 242 g/mol. The van der Waals surface area contributed by atoms with Crippen LogP contribution in [0.25, 0.3) is 0 Å². The Morgan fingerprint density at radius 1 is 1.06 bits per heavy atom. The number of nitrogens with zero attached hydrogens (tertiary/aromatic N) is 1. The van der Waals surface area contributed by atoms with Crippen LogP contribution in [-0.2, 0) is 9.47 Å². The van der Waals surface area contributed by atoms with E-state index >= 15 is 0 Å². The Balaban J connectivity index is 1.69. The van der Waals surface area contributed by atoms with Crippen LogP contribution < -0.4 is 5.32 Å². The third-order valence-corrected chi connectivity index (χ3v) is 4.21. The summed E-state index contributed by atoms with van der Waals surface area (Å²) in [5.74, 6) is 0.916. The van der Waals surface area contributed by atoms with Crippen LogP contribution in [0.3, 0.4) is 0 Å². The topological polar surface area (TPSA) is 33.7 Å². The van der Waals surface area contributed by atoms with Crippen LogP contribution in [0.5, 0.6) is 0 Å². The van der Waals surface area contributed by atoms with Crippen LogP contribution in [0, 0.1) is 5.92 Å². The lowest BCUT2D eigenvalue weighted by atomic mass is 9.94. The molecule has 100 valence electrons. The lowest BCUT2D eigenvalue weighted by molar-refractivity contribution is -0.00461. The maximum atomic E-state index is 5.46. The molecule has 1 N–H and O–H groups in total. The van der Waals surface area contributed by atoms with Crippen LogP contribution in [0.1, 0.15) is 19.3 Å². The van der Waals surface area contributed by atoms with E-state index in [1.807, 2.05) is 0 Å². The quantitative estimate of drug-likeness (QED) is 0.770. The van der Waals surface area contributed by atoms with Gasteiger partial charge in [-0.1, -0.05) is 0 Å². The summed E-state index contributed by atoms with van der Waals surface area (Å²) in [5.41, 5.74) is 0. The van der Waals surface area contributed by atoms with E-state index < -0.39 is 0 Å². The highest BCUT2D eigenvalue weighted by Gasteiger charge is 2.32. The maximum absolute atomic E-state index is 5.46. The number of methoxy groups -OCH3 is 2. The van der Waals surface area contributed by atoms with Gasteiger partial charge in [0.05, 0.1) is 12.2 Å². The Hall–Kier alpha value is -0.160. The fourth-order valence-corrected chi connectivity index (χ4v) is 2.99. The van der Waals surface area contributed by atoms with E-state index in [2.05, 4.69) is 10.2 Å². The Morgan fingerprint density at radius 3 is 2.18 bits per heavy atom. The number of hydrogen-bond acceptors (Lipinski definition) is 4. The van der Waals surface area contributed by atoms with Crippen LogP contribution in [0.15, 0.2) is 0 Å². The van der Waals surface area contributed by atoms with E-state index in [0.29, 0.717) is 0 Å². The number of piperidine rings is 1. The van der Waals surface area contributed by atoms with E-state index in [-0.39, 0.29) is 12.2 Å². The van der Waals surface area contributed by atoms with Gasteiger partial charge in [0.1, 0.15) is 0 Å². The molecule has 2 saturated heterocycles. The predicted octanol–water partition coefficient (Wildman–Crippen LogP) is 0.722. The Morgan fingerprint density at radius 2 is 1.65 bits per heavy atom. The number of likely N-dealkylation sites (tertiary alicyclic amines) is 1. The molecular formula is C13H26N2O2. The fourth-order valence-electron chi connectivity index (χ4n) is 2.99. The molecular weight excluding hydrogens is 216 g/mol. The van der Waals surface area contributed by atoms with Crippen molar-refractivity contribution in [1.29, 1.82) is 0 Å². The van der Waals surface area contributed by atoms with Crippen molar-refractivity contribution in [2.45, 2.75) is 31.5 Å². The van der Waals surface area contributed by atoms with Crippen molar-refractivity contribution in [1.82, 2.24) is 10.2 Å². The van der Waals surface area contributed by atoms with Crippen molar-refractivity contribution in [2.24, 2.45) is 5.92 Å². The molecule has 0 radical (unpaired) electrons. The zero-order chi connectivity index (χ0) is 12.1. The molecule has 2 fully saturated rings. The number of hydrogen-bond donors (Lipinski definition) is 1. The molecule has 4 heteroatoms. The molecule has 0 spiro atoms. The molecule has 0 aromatic rings. The van der Waals surface area contributed by atoms with E-state index in [0.717, 1.165) is 19.0 Å². The van der Waals surface area contributed by atoms with Gasteiger partial charge in [0.25, 0.3) is 0 Å². The van der Waals surface area contributed by atoms with Gasteiger partial charge >= 0.3 is 0 Å². The number of ether oxygens (including phenoxy) is 2. The van der Waals surface area contributed by atoms with E-state index in [1.54, 1.807) is 14.2 Å². The van der Waals surface area contributed by atoms with E-state index in [1.165, 1.54) is 38.9 Å². The van der Waals surface area contributed by atoms with Crippen LogP contribution in [0.2, 0.25) is 0 Å². The fraction of sp³-hybridized carbons (Fsp3) is 1.00. The van der Waals surface area contributed by atoms with Crippen LogP contribution in [0.4, 0.5) is 0 Å². The molecule has 2 rings (SSSR count). The first-order valence-electron chi connectivity index (χ1n) is 6.82. The summed E-state index contributed by atoms with van der Waals surface area (Å²) in [6.45, 7) is 5.66. The SMILES string of the molecule is COC1CN(CCC2CCNCC2)CC1OC. The highest BCUT2D eigenvalue weighted by atomic mass is 16.5. The van der Waals surface area contributed by atoms with Gasteiger partial charge in [-0.15, -0.1) is 0 Å².